The van der Waals surface area contributed by atoms with Gasteiger partial charge in [-0.2, -0.15) is 0 Å². The van der Waals surface area contributed by atoms with Crippen LogP contribution in [0.3, 0.4) is 0 Å². The zero-order chi connectivity index (χ0) is 13.5. The fourth-order valence-corrected chi connectivity index (χ4v) is 4.36. The van der Waals surface area contributed by atoms with Crippen molar-refractivity contribution in [3.05, 3.63) is 0 Å². The molecule has 2 fully saturated rings. The molecule has 2 saturated carbocycles. The van der Waals surface area contributed by atoms with Crippen molar-refractivity contribution in [2.75, 3.05) is 6.61 Å². The van der Waals surface area contributed by atoms with E-state index < -0.39 is 0 Å². The van der Waals surface area contributed by atoms with Gasteiger partial charge >= 0.3 is 0 Å². The van der Waals surface area contributed by atoms with Crippen LogP contribution < -0.4 is 5.32 Å². The van der Waals surface area contributed by atoms with Gasteiger partial charge in [0.05, 0.1) is 0 Å². The summed E-state index contributed by atoms with van der Waals surface area (Å²) in [6, 6.07) is 1.26. The van der Waals surface area contributed by atoms with E-state index in [1.165, 1.54) is 57.8 Å². The third-order valence-corrected chi connectivity index (χ3v) is 5.49. The lowest BCUT2D eigenvalue weighted by Gasteiger charge is -2.41. The summed E-state index contributed by atoms with van der Waals surface area (Å²) in [5.41, 5.74) is 0. The van der Waals surface area contributed by atoms with E-state index >= 15 is 0 Å². The minimum atomic E-state index is 0.326. The normalized spacial score (nSPS) is 31.3. The summed E-state index contributed by atoms with van der Waals surface area (Å²) >= 11 is 0. The summed E-state index contributed by atoms with van der Waals surface area (Å²) in [5, 5.41) is 13.1. The SMILES string of the molecule is CCC(CCO)NC1CCCCC1C1CCCCC1. The van der Waals surface area contributed by atoms with Crippen LogP contribution in [0.5, 0.6) is 0 Å². The van der Waals surface area contributed by atoms with E-state index in [0.29, 0.717) is 12.6 Å². The van der Waals surface area contributed by atoms with Gasteiger partial charge < -0.3 is 10.4 Å². The monoisotopic (exact) mass is 267 g/mol. The summed E-state index contributed by atoms with van der Waals surface area (Å²) in [7, 11) is 0. The molecule has 2 rings (SSSR count). The Morgan fingerprint density at radius 2 is 1.68 bits per heavy atom. The summed E-state index contributed by atoms with van der Waals surface area (Å²) in [6.45, 7) is 2.57. The largest absolute Gasteiger partial charge is 0.396 e. The Bertz CT molecular complexity index is 237. The molecular weight excluding hydrogens is 234 g/mol. The van der Waals surface area contributed by atoms with E-state index in [4.69, 9.17) is 0 Å². The highest BCUT2D eigenvalue weighted by Crippen LogP contribution is 2.38. The van der Waals surface area contributed by atoms with Crippen molar-refractivity contribution in [2.45, 2.75) is 89.6 Å². The van der Waals surface area contributed by atoms with E-state index in [1.54, 1.807) is 0 Å². The second kappa shape index (κ2) is 8.26. The molecule has 0 saturated heterocycles. The van der Waals surface area contributed by atoms with E-state index in [9.17, 15) is 5.11 Å². The number of rotatable bonds is 6. The molecule has 2 heteroatoms. The van der Waals surface area contributed by atoms with Gasteiger partial charge in [0.2, 0.25) is 0 Å². The molecule has 2 nitrogen and oxygen atoms in total. The molecule has 0 aromatic rings. The third kappa shape index (κ3) is 4.46. The van der Waals surface area contributed by atoms with E-state index in [2.05, 4.69) is 12.2 Å². The van der Waals surface area contributed by atoms with Gasteiger partial charge in [0.15, 0.2) is 0 Å². The predicted octanol–water partition coefficient (Wildman–Crippen LogP) is 3.88. The van der Waals surface area contributed by atoms with Gasteiger partial charge in [-0.25, -0.2) is 0 Å². The fourth-order valence-electron chi connectivity index (χ4n) is 4.36. The first-order valence-corrected chi connectivity index (χ1v) is 8.72. The lowest BCUT2D eigenvalue weighted by molar-refractivity contribution is 0.135. The van der Waals surface area contributed by atoms with Crippen LogP contribution in [0, 0.1) is 11.8 Å². The molecule has 0 spiro atoms. The maximum Gasteiger partial charge on any atom is 0.0445 e. The van der Waals surface area contributed by atoms with E-state index in [-0.39, 0.29) is 0 Å². The Labute approximate surface area is 119 Å². The lowest BCUT2D eigenvalue weighted by atomic mass is 9.70. The fraction of sp³-hybridized carbons (Fsp3) is 1.00. The van der Waals surface area contributed by atoms with E-state index in [0.717, 1.165) is 30.7 Å². The maximum absolute atomic E-state index is 9.17. The average molecular weight is 267 g/mol. The summed E-state index contributed by atoms with van der Waals surface area (Å²) in [4.78, 5) is 0. The molecule has 2 aliphatic rings. The van der Waals surface area contributed by atoms with Crippen molar-refractivity contribution < 1.29 is 5.11 Å². The number of hydrogen-bond donors (Lipinski definition) is 2. The number of hydrogen-bond acceptors (Lipinski definition) is 2. The first-order valence-electron chi connectivity index (χ1n) is 8.72. The first-order chi connectivity index (χ1) is 9.35. The van der Waals surface area contributed by atoms with Crippen molar-refractivity contribution in [3.63, 3.8) is 0 Å². The van der Waals surface area contributed by atoms with Crippen LogP contribution in [0.4, 0.5) is 0 Å². The Morgan fingerprint density at radius 1 is 1.00 bits per heavy atom. The third-order valence-electron chi connectivity index (χ3n) is 5.49. The van der Waals surface area contributed by atoms with Crippen LogP contribution in [0.25, 0.3) is 0 Å². The first kappa shape index (κ1) is 15.3. The van der Waals surface area contributed by atoms with Crippen LogP contribution in [0.1, 0.15) is 77.6 Å². The Morgan fingerprint density at radius 3 is 2.37 bits per heavy atom. The van der Waals surface area contributed by atoms with Crippen LogP contribution in [0.2, 0.25) is 0 Å². The van der Waals surface area contributed by atoms with Gasteiger partial charge in [-0.15, -0.1) is 0 Å². The minimum absolute atomic E-state index is 0.326. The average Bonchev–Trinajstić information content (AvgIpc) is 2.48. The minimum Gasteiger partial charge on any atom is -0.396 e. The molecule has 0 aliphatic heterocycles. The summed E-state index contributed by atoms with van der Waals surface area (Å²) < 4.78 is 0. The molecule has 0 aromatic heterocycles. The summed E-state index contributed by atoms with van der Waals surface area (Å²) in [6.07, 6.45) is 15.0. The quantitative estimate of drug-likeness (QED) is 0.765. The van der Waals surface area contributed by atoms with Gasteiger partial charge in [0.1, 0.15) is 0 Å². The molecule has 0 bridgehead atoms. The summed E-state index contributed by atoms with van der Waals surface area (Å²) in [5.74, 6) is 1.90. The van der Waals surface area contributed by atoms with Crippen LogP contribution in [0.15, 0.2) is 0 Å². The molecule has 112 valence electrons. The molecular formula is C17H33NO. The molecule has 0 amide bonds. The van der Waals surface area contributed by atoms with Gasteiger partial charge in [0, 0.05) is 18.7 Å². The predicted molar refractivity (Wildman–Crippen MR) is 81.2 cm³/mol. The number of nitrogens with one attached hydrogen (secondary N) is 1. The van der Waals surface area contributed by atoms with Gasteiger partial charge in [-0.1, -0.05) is 51.9 Å². The Kier molecular flexibility index (Phi) is 6.66. The van der Waals surface area contributed by atoms with Gasteiger partial charge in [-0.05, 0) is 37.5 Å². The molecule has 0 heterocycles. The van der Waals surface area contributed by atoms with Crippen molar-refractivity contribution in [2.24, 2.45) is 11.8 Å². The van der Waals surface area contributed by atoms with Crippen molar-refractivity contribution in [1.29, 1.82) is 0 Å². The molecule has 2 N–H and O–H groups in total. The van der Waals surface area contributed by atoms with Crippen molar-refractivity contribution in [3.8, 4) is 0 Å². The zero-order valence-corrected chi connectivity index (χ0v) is 12.7. The standard InChI is InChI=1S/C17H33NO/c1-2-15(12-13-19)18-17-11-7-6-10-16(17)14-8-4-3-5-9-14/h14-19H,2-13H2,1H3. The zero-order valence-electron chi connectivity index (χ0n) is 12.7. The van der Waals surface area contributed by atoms with Crippen LogP contribution in [-0.2, 0) is 0 Å². The molecule has 3 atom stereocenters. The van der Waals surface area contributed by atoms with Crippen molar-refractivity contribution in [1.82, 2.24) is 5.32 Å². The van der Waals surface area contributed by atoms with Gasteiger partial charge in [-0.3, -0.25) is 0 Å². The smallest absolute Gasteiger partial charge is 0.0445 e. The number of aliphatic hydroxyl groups is 1. The second-order valence-electron chi connectivity index (χ2n) is 6.74. The molecule has 0 aromatic carbocycles. The van der Waals surface area contributed by atoms with Crippen LogP contribution in [-0.4, -0.2) is 23.8 Å². The highest BCUT2D eigenvalue weighted by Gasteiger charge is 2.33. The second-order valence-corrected chi connectivity index (χ2v) is 6.74. The maximum atomic E-state index is 9.17. The van der Waals surface area contributed by atoms with E-state index in [1.807, 2.05) is 0 Å². The van der Waals surface area contributed by atoms with Crippen molar-refractivity contribution >= 4 is 0 Å². The lowest BCUT2D eigenvalue weighted by Crippen LogP contribution is -2.47. The van der Waals surface area contributed by atoms with Crippen LogP contribution >= 0.6 is 0 Å². The number of aliphatic hydroxyl groups excluding tert-OH is 1. The Hall–Kier alpha value is -0.0800. The molecule has 0 radical (unpaired) electrons. The molecule has 19 heavy (non-hydrogen) atoms. The topological polar surface area (TPSA) is 32.3 Å². The molecule has 3 unspecified atom stereocenters. The highest BCUT2D eigenvalue weighted by molar-refractivity contribution is 4.88. The molecule has 2 aliphatic carbocycles. The van der Waals surface area contributed by atoms with Gasteiger partial charge in [0.25, 0.3) is 0 Å². The Balaban J connectivity index is 1.90. The highest BCUT2D eigenvalue weighted by atomic mass is 16.3.